The molecule has 0 aliphatic heterocycles. The fourth-order valence-corrected chi connectivity index (χ4v) is 2.59. The minimum atomic E-state index is -0.470. The van der Waals surface area contributed by atoms with Crippen molar-refractivity contribution in [1.82, 2.24) is 0 Å². The Labute approximate surface area is 121 Å². The van der Waals surface area contributed by atoms with Crippen molar-refractivity contribution in [2.24, 2.45) is 0 Å². The van der Waals surface area contributed by atoms with Crippen LogP contribution in [0.2, 0.25) is 0 Å². The van der Waals surface area contributed by atoms with Crippen LogP contribution in [0.25, 0.3) is 0 Å². The first-order valence-electron chi connectivity index (χ1n) is 7.00. The molecule has 0 fully saturated rings. The van der Waals surface area contributed by atoms with E-state index in [0.29, 0.717) is 6.54 Å². The maximum atomic E-state index is 10.4. The standard InChI is InChI=1S/C18H23NO/c1-13-9-14(2)11-16(10-13)19(4)12-18(20)17-8-6-5-7-15(17)3/h5-11,18,20H,12H2,1-4H3. The third kappa shape index (κ3) is 3.40. The quantitative estimate of drug-likeness (QED) is 0.913. The van der Waals surface area contributed by atoms with E-state index in [1.54, 1.807) is 0 Å². The molecule has 0 aliphatic rings. The van der Waals surface area contributed by atoms with Crippen LogP contribution in [0.1, 0.15) is 28.4 Å². The Balaban J connectivity index is 2.15. The van der Waals surface area contributed by atoms with Gasteiger partial charge in [-0.1, -0.05) is 30.3 Å². The van der Waals surface area contributed by atoms with Gasteiger partial charge in [-0.25, -0.2) is 0 Å². The number of hydrogen-bond donors (Lipinski definition) is 1. The van der Waals surface area contributed by atoms with E-state index in [-0.39, 0.29) is 0 Å². The van der Waals surface area contributed by atoms with Crippen LogP contribution >= 0.6 is 0 Å². The van der Waals surface area contributed by atoms with Crippen LogP contribution in [0.3, 0.4) is 0 Å². The van der Waals surface area contributed by atoms with E-state index in [0.717, 1.165) is 16.8 Å². The largest absolute Gasteiger partial charge is 0.387 e. The maximum absolute atomic E-state index is 10.4. The molecular formula is C18H23NO. The van der Waals surface area contributed by atoms with Gasteiger partial charge in [0.2, 0.25) is 0 Å². The highest BCUT2D eigenvalue weighted by molar-refractivity contribution is 5.50. The summed E-state index contributed by atoms with van der Waals surface area (Å²) in [6, 6.07) is 14.5. The number of hydrogen-bond acceptors (Lipinski definition) is 2. The highest BCUT2D eigenvalue weighted by atomic mass is 16.3. The van der Waals surface area contributed by atoms with Crippen LogP contribution < -0.4 is 4.90 Å². The first kappa shape index (κ1) is 14.6. The summed E-state index contributed by atoms with van der Waals surface area (Å²) in [5.74, 6) is 0. The lowest BCUT2D eigenvalue weighted by atomic mass is 10.0. The topological polar surface area (TPSA) is 23.5 Å². The van der Waals surface area contributed by atoms with Gasteiger partial charge in [-0.15, -0.1) is 0 Å². The van der Waals surface area contributed by atoms with E-state index in [9.17, 15) is 5.11 Å². The Morgan fingerprint density at radius 3 is 2.20 bits per heavy atom. The number of anilines is 1. The van der Waals surface area contributed by atoms with Crippen molar-refractivity contribution in [2.75, 3.05) is 18.5 Å². The molecule has 0 aliphatic carbocycles. The van der Waals surface area contributed by atoms with Crippen molar-refractivity contribution in [3.05, 3.63) is 64.7 Å². The number of rotatable bonds is 4. The first-order chi connectivity index (χ1) is 9.47. The molecule has 0 saturated carbocycles. The van der Waals surface area contributed by atoms with Crippen molar-refractivity contribution < 1.29 is 5.11 Å². The van der Waals surface area contributed by atoms with Crippen LogP contribution in [-0.2, 0) is 0 Å². The number of nitrogens with zero attached hydrogens (tertiary/aromatic N) is 1. The van der Waals surface area contributed by atoms with Crippen LogP contribution in [0.5, 0.6) is 0 Å². The van der Waals surface area contributed by atoms with Crippen molar-refractivity contribution in [1.29, 1.82) is 0 Å². The van der Waals surface area contributed by atoms with Crippen LogP contribution in [0.15, 0.2) is 42.5 Å². The van der Waals surface area contributed by atoms with Crippen molar-refractivity contribution in [2.45, 2.75) is 26.9 Å². The van der Waals surface area contributed by atoms with E-state index < -0.39 is 6.10 Å². The second-order valence-corrected chi connectivity index (χ2v) is 5.60. The Morgan fingerprint density at radius 2 is 1.60 bits per heavy atom. The van der Waals surface area contributed by atoms with Gasteiger partial charge in [0, 0.05) is 19.3 Å². The minimum absolute atomic E-state index is 0.470. The predicted molar refractivity (Wildman–Crippen MR) is 85.3 cm³/mol. The molecule has 2 heteroatoms. The van der Waals surface area contributed by atoms with Crippen molar-refractivity contribution >= 4 is 5.69 Å². The molecule has 0 spiro atoms. The average molecular weight is 269 g/mol. The number of aliphatic hydroxyl groups excluding tert-OH is 1. The third-order valence-corrected chi connectivity index (χ3v) is 3.64. The summed E-state index contributed by atoms with van der Waals surface area (Å²) in [7, 11) is 2.02. The third-order valence-electron chi connectivity index (χ3n) is 3.64. The van der Waals surface area contributed by atoms with Gasteiger partial charge in [0.1, 0.15) is 0 Å². The van der Waals surface area contributed by atoms with Gasteiger partial charge >= 0.3 is 0 Å². The summed E-state index contributed by atoms with van der Waals surface area (Å²) in [6.07, 6.45) is -0.470. The zero-order valence-corrected chi connectivity index (χ0v) is 12.7. The number of benzene rings is 2. The van der Waals surface area contributed by atoms with Crippen molar-refractivity contribution in [3.63, 3.8) is 0 Å². The lowest BCUT2D eigenvalue weighted by Crippen LogP contribution is -2.24. The predicted octanol–water partition coefficient (Wildman–Crippen LogP) is 3.78. The van der Waals surface area contributed by atoms with E-state index in [4.69, 9.17) is 0 Å². The molecule has 1 N–H and O–H groups in total. The summed E-state index contributed by atoms with van der Waals surface area (Å²) in [5.41, 5.74) is 5.78. The Morgan fingerprint density at radius 1 is 1.00 bits per heavy atom. The van der Waals surface area contributed by atoms with E-state index >= 15 is 0 Å². The highest BCUT2D eigenvalue weighted by Crippen LogP contribution is 2.22. The summed E-state index contributed by atoms with van der Waals surface area (Å²) >= 11 is 0. The lowest BCUT2D eigenvalue weighted by molar-refractivity contribution is 0.184. The zero-order chi connectivity index (χ0) is 14.7. The second-order valence-electron chi connectivity index (χ2n) is 5.60. The fraction of sp³-hybridized carbons (Fsp3) is 0.333. The van der Waals surface area contributed by atoms with Gasteiger partial charge in [-0.2, -0.15) is 0 Å². The molecule has 2 aromatic carbocycles. The maximum Gasteiger partial charge on any atom is 0.0967 e. The molecule has 0 saturated heterocycles. The fourth-order valence-electron chi connectivity index (χ4n) is 2.59. The second kappa shape index (κ2) is 6.10. The van der Waals surface area contributed by atoms with Crippen LogP contribution in [0.4, 0.5) is 5.69 Å². The lowest BCUT2D eigenvalue weighted by Gasteiger charge is -2.24. The molecule has 0 heterocycles. The molecular weight excluding hydrogens is 246 g/mol. The Bertz CT molecular complexity index is 571. The number of aliphatic hydroxyl groups is 1. The smallest absolute Gasteiger partial charge is 0.0967 e. The molecule has 1 atom stereocenters. The molecule has 0 aromatic heterocycles. The molecule has 0 amide bonds. The SMILES string of the molecule is Cc1cc(C)cc(N(C)CC(O)c2ccccc2C)c1. The van der Waals surface area contributed by atoms with E-state index in [1.165, 1.54) is 11.1 Å². The summed E-state index contributed by atoms with van der Waals surface area (Å²) < 4.78 is 0. The Hall–Kier alpha value is -1.80. The summed E-state index contributed by atoms with van der Waals surface area (Å²) in [5, 5.41) is 10.4. The highest BCUT2D eigenvalue weighted by Gasteiger charge is 2.13. The van der Waals surface area contributed by atoms with Gasteiger partial charge in [0.15, 0.2) is 0 Å². The molecule has 0 bridgehead atoms. The molecule has 1 unspecified atom stereocenters. The molecule has 2 rings (SSSR count). The molecule has 2 aromatic rings. The molecule has 20 heavy (non-hydrogen) atoms. The zero-order valence-electron chi connectivity index (χ0n) is 12.7. The van der Waals surface area contributed by atoms with Gasteiger partial charge in [-0.3, -0.25) is 0 Å². The van der Waals surface area contributed by atoms with Crippen LogP contribution in [-0.4, -0.2) is 18.7 Å². The monoisotopic (exact) mass is 269 g/mol. The van der Waals surface area contributed by atoms with Gasteiger partial charge < -0.3 is 10.0 Å². The van der Waals surface area contributed by atoms with E-state index in [2.05, 4.69) is 36.9 Å². The first-order valence-corrected chi connectivity index (χ1v) is 7.00. The van der Waals surface area contributed by atoms with Gasteiger partial charge in [0.05, 0.1) is 6.10 Å². The summed E-state index contributed by atoms with van der Waals surface area (Å²) in [6.45, 7) is 6.83. The minimum Gasteiger partial charge on any atom is -0.387 e. The number of likely N-dealkylation sites (N-methyl/N-ethyl adjacent to an activating group) is 1. The molecule has 106 valence electrons. The summed E-state index contributed by atoms with van der Waals surface area (Å²) in [4.78, 5) is 2.11. The molecule has 2 nitrogen and oxygen atoms in total. The van der Waals surface area contributed by atoms with Crippen molar-refractivity contribution in [3.8, 4) is 0 Å². The van der Waals surface area contributed by atoms with E-state index in [1.807, 2.05) is 38.2 Å². The van der Waals surface area contributed by atoms with Gasteiger partial charge in [-0.05, 0) is 55.2 Å². The normalized spacial score (nSPS) is 12.2. The Kier molecular flexibility index (Phi) is 4.46. The average Bonchev–Trinajstić information content (AvgIpc) is 2.37. The van der Waals surface area contributed by atoms with Crippen LogP contribution in [0, 0.1) is 20.8 Å². The molecule has 0 radical (unpaired) electrons. The number of aryl methyl sites for hydroxylation is 3. The van der Waals surface area contributed by atoms with Gasteiger partial charge in [0.25, 0.3) is 0 Å².